The molecule has 1 aromatic carbocycles. The van der Waals surface area contributed by atoms with Gasteiger partial charge in [0.2, 0.25) is 0 Å². The molecule has 3 aliphatic rings. The van der Waals surface area contributed by atoms with E-state index < -0.39 is 0 Å². The number of benzene rings is 1. The van der Waals surface area contributed by atoms with Crippen LogP contribution in [0.3, 0.4) is 0 Å². The normalized spacial score (nSPS) is 29.5. The Balaban J connectivity index is 1.41. The highest BCUT2D eigenvalue weighted by molar-refractivity contribution is 5.30. The lowest BCUT2D eigenvalue weighted by Crippen LogP contribution is -2.50. The van der Waals surface area contributed by atoms with E-state index in [2.05, 4.69) is 29.2 Å². The number of piperidine rings is 1. The molecule has 0 bridgehead atoms. The topological polar surface area (TPSA) is 21.7 Å². The van der Waals surface area contributed by atoms with Crippen molar-refractivity contribution in [2.24, 2.45) is 0 Å². The summed E-state index contributed by atoms with van der Waals surface area (Å²) in [4.78, 5) is 2.66. The molecule has 0 saturated carbocycles. The lowest BCUT2D eigenvalue weighted by molar-refractivity contribution is -0.188. The van der Waals surface area contributed by atoms with Gasteiger partial charge in [0.15, 0.2) is 5.79 Å². The highest BCUT2D eigenvalue weighted by atomic mass is 16.7. The van der Waals surface area contributed by atoms with Crippen molar-refractivity contribution in [3.8, 4) is 0 Å². The Morgan fingerprint density at radius 3 is 2.45 bits per heavy atom. The van der Waals surface area contributed by atoms with Crippen LogP contribution in [0, 0.1) is 0 Å². The highest BCUT2D eigenvalue weighted by Crippen LogP contribution is 2.34. The molecule has 2 heterocycles. The van der Waals surface area contributed by atoms with Crippen molar-refractivity contribution >= 4 is 0 Å². The van der Waals surface area contributed by atoms with E-state index in [1.54, 1.807) is 11.1 Å². The third kappa shape index (κ3) is 2.28. The van der Waals surface area contributed by atoms with Crippen LogP contribution >= 0.6 is 0 Å². The second-order valence-corrected chi connectivity index (χ2v) is 6.31. The van der Waals surface area contributed by atoms with E-state index in [0.29, 0.717) is 6.04 Å². The van der Waals surface area contributed by atoms with E-state index in [0.717, 1.165) is 39.1 Å². The number of nitrogens with zero attached hydrogens (tertiary/aromatic N) is 1. The van der Waals surface area contributed by atoms with Crippen molar-refractivity contribution < 1.29 is 9.47 Å². The van der Waals surface area contributed by atoms with Crippen LogP contribution in [0.4, 0.5) is 0 Å². The largest absolute Gasteiger partial charge is 0.347 e. The Kier molecular flexibility index (Phi) is 3.29. The third-order valence-corrected chi connectivity index (χ3v) is 5.21. The summed E-state index contributed by atoms with van der Waals surface area (Å²) in [6.07, 6.45) is 5.81. The van der Waals surface area contributed by atoms with Gasteiger partial charge in [-0.2, -0.15) is 0 Å². The molecule has 2 fully saturated rings. The summed E-state index contributed by atoms with van der Waals surface area (Å²) in [6.45, 7) is 3.78. The van der Waals surface area contributed by atoms with Crippen LogP contribution in [0.15, 0.2) is 24.3 Å². The average molecular weight is 273 g/mol. The van der Waals surface area contributed by atoms with Gasteiger partial charge in [0.1, 0.15) is 0 Å². The Hall–Kier alpha value is -0.900. The molecule has 2 saturated heterocycles. The summed E-state index contributed by atoms with van der Waals surface area (Å²) in [5, 5.41) is 0. The second-order valence-electron chi connectivity index (χ2n) is 6.31. The number of hydrogen-bond donors (Lipinski definition) is 0. The molecule has 1 aliphatic carbocycles. The Morgan fingerprint density at radius 1 is 1.00 bits per heavy atom. The number of likely N-dealkylation sites (tertiary alicyclic amines) is 1. The monoisotopic (exact) mass is 273 g/mol. The maximum atomic E-state index is 5.82. The number of aryl methyl sites for hydroxylation is 1. The molecule has 108 valence electrons. The number of rotatable bonds is 1. The van der Waals surface area contributed by atoms with Gasteiger partial charge in [0, 0.05) is 32.0 Å². The van der Waals surface area contributed by atoms with Gasteiger partial charge in [-0.15, -0.1) is 0 Å². The van der Waals surface area contributed by atoms with Crippen molar-refractivity contribution in [2.45, 2.75) is 43.9 Å². The van der Waals surface area contributed by atoms with E-state index in [9.17, 15) is 0 Å². The van der Waals surface area contributed by atoms with Crippen molar-refractivity contribution in [3.05, 3.63) is 35.4 Å². The summed E-state index contributed by atoms with van der Waals surface area (Å²) in [6, 6.07) is 9.64. The first-order chi connectivity index (χ1) is 9.85. The summed E-state index contributed by atoms with van der Waals surface area (Å²) < 4.78 is 11.6. The Bertz CT molecular complexity index is 472. The lowest BCUT2D eigenvalue weighted by atomic mass is 9.86. The summed E-state index contributed by atoms with van der Waals surface area (Å²) in [7, 11) is 0. The molecule has 1 aromatic rings. The van der Waals surface area contributed by atoms with Crippen LogP contribution in [0.25, 0.3) is 0 Å². The molecule has 3 nitrogen and oxygen atoms in total. The first kappa shape index (κ1) is 12.8. The van der Waals surface area contributed by atoms with Crippen LogP contribution in [0.5, 0.6) is 0 Å². The van der Waals surface area contributed by atoms with Gasteiger partial charge in [-0.3, -0.25) is 4.90 Å². The Morgan fingerprint density at radius 2 is 1.70 bits per heavy atom. The predicted molar refractivity (Wildman–Crippen MR) is 77.7 cm³/mol. The van der Waals surface area contributed by atoms with Crippen LogP contribution < -0.4 is 0 Å². The number of fused-ring (bicyclic) bond motifs is 1. The third-order valence-electron chi connectivity index (χ3n) is 5.21. The Labute approximate surface area is 120 Å². The maximum absolute atomic E-state index is 5.82. The van der Waals surface area contributed by atoms with Gasteiger partial charge in [0.05, 0.1) is 13.2 Å². The predicted octanol–water partition coefficient (Wildman–Crippen LogP) is 2.38. The summed E-state index contributed by atoms with van der Waals surface area (Å²) >= 11 is 0. The first-order valence-electron chi connectivity index (χ1n) is 7.93. The van der Waals surface area contributed by atoms with E-state index in [1.165, 1.54) is 19.3 Å². The van der Waals surface area contributed by atoms with Gasteiger partial charge < -0.3 is 9.47 Å². The number of ether oxygens (including phenoxy) is 2. The second kappa shape index (κ2) is 5.14. The molecule has 0 N–H and O–H groups in total. The van der Waals surface area contributed by atoms with Gasteiger partial charge in [-0.05, 0) is 30.4 Å². The summed E-state index contributed by atoms with van der Waals surface area (Å²) in [5.41, 5.74) is 3.11. The molecule has 2 aliphatic heterocycles. The van der Waals surface area contributed by atoms with Gasteiger partial charge in [0.25, 0.3) is 0 Å². The zero-order valence-electron chi connectivity index (χ0n) is 12.0. The van der Waals surface area contributed by atoms with Crippen molar-refractivity contribution in [1.82, 2.24) is 4.90 Å². The van der Waals surface area contributed by atoms with E-state index in [1.807, 2.05) is 0 Å². The highest BCUT2D eigenvalue weighted by Gasteiger charge is 2.41. The quantitative estimate of drug-likeness (QED) is 0.784. The molecule has 0 amide bonds. The minimum absolute atomic E-state index is 0.233. The van der Waals surface area contributed by atoms with Gasteiger partial charge in [-0.1, -0.05) is 24.3 Å². The summed E-state index contributed by atoms with van der Waals surface area (Å²) in [5.74, 6) is -0.233. The smallest absolute Gasteiger partial charge is 0.170 e. The molecular formula is C17H23NO2. The van der Waals surface area contributed by atoms with E-state index in [-0.39, 0.29) is 5.79 Å². The lowest BCUT2D eigenvalue weighted by Gasteiger charge is -2.42. The van der Waals surface area contributed by atoms with Crippen LogP contribution in [0.1, 0.15) is 30.4 Å². The fraction of sp³-hybridized carbons (Fsp3) is 0.647. The average Bonchev–Trinajstić information content (AvgIpc) is 2.96. The molecule has 1 spiro atoms. The molecule has 1 atom stereocenters. The molecule has 0 radical (unpaired) electrons. The molecular weight excluding hydrogens is 250 g/mol. The van der Waals surface area contributed by atoms with E-state index >= 15 is 0 Å². The fourth-order valence-electron chi connectivity index (χ4n) is 4.01. The fourth-order valence-corrected chi connectivity index (χ4v) is 4.01. The van der Waals surface area contributed by atoms with Crippen LogP contribution in [0.2, 0.25) is 0 Å². The molecule has 3 heteroatoms. The standard InChI is InChI=1S/C17H23NO2/c1-2-4-15-13-16(6-5-14(15)3-1)18-9-7-17(8-10-18)19-11-12-20-17/h1-4,16H,5-13H2/t16-/m0/s1. The van der Waals surface area contributed by atoms with Crippen LogP contribution in [-0.2, 0) is 22.3 Å². The van der Waals surface area contributed by atoms with Gasteiger partial charge >= 0.3 is 0 Å². The SMILES string of the molecule is c1ccc2c(c1)CC[C@H](N1CCC3(CC1)OCCO3)C2. The zero-order valence-corrected chi connectivity index (χ0v) is 12.0. The molecule has 0 aromatic heterocycles. The molecule has 4 rings (SSSR count). The van der Waals surface area contributed by atoms with Crippen LogP contribution in [-0.4, -0.2) is 43.0 Å². The first-order valence-corrected chi connectivity index (χ1v) is 7.93. The molecule has 20 heavy (non-hydrogen) atoms. The van der Waals surface area contributed by atoms with Crippen molar-refractivity contribution in [3.63, 3.8) is 0 Å². The zero-order chi connectivity index (χ0) is 13.4. The molecule has 0 unspecified atom stereocenters. The minimum atomic E-state index is -0.233. The van der Waals surface area contributed by atoms with Crippen molar-refractivity contribution in [1.29, 1.82) is 0 Å². The minimum Gasteiger partial charge on any atom is -0.347 e. The van der Waals surface area contributed by atoms with Crippen molar-refractivity contribution in [2.75, 3.05) is 26.3 Å². The van der Waals surface area contributed by atoms with E-state index in [4.69, 9.17) is 9.47 Å². The number of hydrogen-bond acceptors (Lipinski definition) is 3. The maximum Gasteiger partial charge on any atom is 0.170 e. The van der Waals surface area contributed by atoms with Gasteiger partial charge in [-0.25, -0.2) is 0 Å².